The zero-order chi connectivity index (χ0) is 40.7. The van der Waals surface area contributed by atoms with E-state index in [9.17, 15) is 14.4 Å². The fraction of sp³-hybridized carbons (Fsp3) is 0.930. The summed E-state index contributed by atoms with van der Waals surface area (Å²) in [7, 11) is 0. The van der Waals surface area contributed by atoms with Crippen LogP contribution in [0.4, 0.5) is 0 Å². The largest absolute Gasteiger partial charge is 0.481 e. The van der Waals surface area contributed by atoms with Crippen molar-refractivity contribution in [3.05, 3.63) is 0 Å². The molecule has 0 aromatic heterocycles. The molecule has 0 unspecified atom stereocenters. The Bertz CT molecular complexity index is 758. The number of unbranched alkanes of at least 4 members (excludes halogenated alkanes) is 22. The quantitative estimate of drug-likeness (QED) is 0.0306. The summed E-state index contributed by atoms with van der Waals surface area (Å²) < 4.78 is 0. The van der Waals surface area contributed by atoms with Gasteiger partial charge in [0.05, 0.1) is 6.61 Å². The van der Waals surface area contributed by atoms with Gasteiger partial charge in [0.1, 0.15) is 24.4 Å². The molecule has 0 heterocycles. The molecule has 10 heteroatoms. The summed E-state index contributed by atoms with van der Waals surface area (Å²) in [6, 6.07) is 0. The Morgan fingerprint density at radius 2 is 0.660 bits per heavy atom. The lowest BCUT2D eigenvalue weighted by molar-refractivity contribution is -0.145. The first kappa shape index (κ1) is 55.7. The maximum atomic E-state index is 10.5. The average molecular weight is 763 g/mol. The molecule has 4 atom stereocenters. The van der Waals surface area contributed by atoms with Gasteiger partial charge in [-0.15, -0.1) is 0 Å². The lowest BCUT2D eigenvalue weighted by Crippen LogP contribution is -2.48. The second-order valence-electron chi connectivity index (χ2n) is 15.9. The predicted molar refractivity (Wildman–Crippen MR) is 216 cm³/mol. The fourth-order valence-electron chi connectivity index (χ4n) is 5.96. The number of aliphatic carboxylic acids is 2. The molecule has 0 fully saturated rings. The van der Waals surface area contributed by atoms with Crippen LogP contribution in [0.2, 0.25) is 0 Å². The van der Waals surface area contributed by atoms with Crippen LogP contribution < -0.4 is 0 Å². The van der Waals surface area contributed by atoms with Crippen LogP contribution in [0, 0.1) is 11.8 Å². The molecule has 10 nitrogen and oxygen atoms in total. The molecule has 0 saturated carbocycles. The van der Waals surface area contributed by atoms with Gasteiger partial charge >= 0.3 is 11.9 Å². The Hall–Kier alpha value is -1.59. The van der Waals surface area contributed by atoms with Crippen LogP contribution >= 0.6 is 0 Å². The van der Waals surface area contributed by atoms with Crippen molar-refractivity contribution in [2.75, 3.05) is 6.61 Å². The highest BCUT2D eigenvalue weighted by Crippen LogP contribution is 2.16. The number of carbonyl (C=O) groups excluding carboxylic acids is 1. The Labute approximate surface area is 324 Å². The molecule has 318 valence electrons. The van der Waals surface area contributed by atoms with Crippen molar-refractivity contribution in [2.24, 2.45) is 11.8 Å². The SMILES string of the molecule is CC(=O)[C@H](O)[C@@H](O)[C@H](O)[C@H](O)CO.CC(C)CCCCCCCCCCCCCCC(=O)O.CC(C)CCCCCCCCCCCCCCC(=O)O. The number of carboxylic acid groups (broad SMARTS) is 2. The smallest absolute Gasteiger partial charge is 0.303 e. The van der Waals surface area contributed by atoms with Crippen LogP contribution in [0.3, 0.4) is 0 Å². The highest BCUT2D eigenvalue weighted by Gasteiger charge is 2.32. The average Bonchev–Trinajstić information content (AvgIpc) is 3.10. The van der Waals surface area contributed by atoms with E-state index in [0.717, 1.165) is 44.4 Å². The molecule has 0 aliphatic heterocycles. The Kier molecular flexibility index (Phi) is 43.7. The zero-order valence-electron chi connectivity index (χ0n) is 34.8. The second kappa shape index (κ2) is 41.6. The Morgan fingerprint density at radius 1 is 0.415 bits per heavy atom. The molecule has 0 amide bonds. The van der Waals surface area contributed by atoms with Gasteiger partial charge in [0.25, 0.3) is 0 Å². The van der Waals surface area contributed by atoms with Crippen LogP contribution in [-0.4, -0.2) is 84.5 Å². The number of aliphatic hydroxyl groups excluding tert-OH is 5. The first-order chi connectivity index (χ1) is 25.2. The van der Waals surface area contributed by atoms with Crippen LogP contribution in [0.25, 0.3) is 0 Å². The van der Waals surface area contributed by atoms with Crippen molar-refractivity contribution in [3.8, 4) is 0 Å². The third kappa shape index (κ3) is 46.5. The molecule has 7 N–H and O–H groups in total. The van der Waals surface area contributed by atoms with Crippen LogP contribution in [0.15, 0.2) is 0 Å². The topological polar surface area (TPSA) is 193 Å². The monoisotopic (exact) mass is 763 g/mol. The molecule has 53 heavy (non-hydrogen) atoms. The molecule has 0 rings (SSSR count). The van der Waals surface area contributed by atoms with Gasteiger partial charge in [-0.3, -0.25) is 14.4 Å². The molecule has 0 aliphatic rings. The number of Topliss-reactive ketones (excluding diaryl/α,β-unsaturated/α-hetero) is 1. The predicted octanol–water partition coefficient (Wildman–Crippen LogP) is 9.39. The van der Waals surface area contributed by atoms with E-state index < -0.39 is 48.7 Å². The Balaban J connectivity index is -0.000000726. The maximum absolute atomic E-state index is 10.5. The lowest BCUT2D eigenvalue weighted by Gasteiger charge is -2.23. The van der Waals surface area contributed by atoms with Crippen LogP contribution in [-0.2, 0) is 14.4 Å². The standard InChI is InChI=1S/2C18H36O2.C7H14O6/c2*1-17(2)15-13-11-9-7-5-3-4-6-8-10-12-14-16-18(19)20;1-3(9)5(11)7(13)6(12)4(10)2-8/h2*17H,3-16H2,1-2H3,(H,19,20);4-8,10-13H,2H2,1H3/t;;4-,5+,6-,7-/m..1/s1. The third-order valence-electron chi connectivity index (χ3n) is 9.52. The third-order valence-corrected chi connectivity index (χ3v) is 9.52. The highest BCUT2D eigenvalue weighted by molar-refractivity contribution is 5.80. The van der Waals surface area contributed by atoms with Crippen LogP contribution in [0.5, 0.6) is 0 Å². The summed E-state index contributed by atoms with van der Waals surface area (Å²) in [5.41, 5.74) is 0. The van der Waals surface area contributed by atoms with E-state index in [-0.39, 0.29) is 0 Å². The molecular formula is C43H86O10. The van der Waals surface area contributed by atoms with Crippen molar-refractivity contribution in [1.29, 1.82) is 0 Å². The molecule has 0 aromatic carbocycles. The second-order valence-corrected chi connectivity index (χ2v) is 15.9. The number of carboxylic acids is 2. The lowest BCUT2D eigenvalue weighted by atomic mass is 10.0. The van der Waals surface area contributed by atoms with E-state index in [1.165, 1.54) is 141 Å². The van der Waals surface area contributed by atoms with Gasteiger partial charge in [-0.1, -0.05) is 182 Å². The number of rotatable bonds is 35. The molecule has 0 radical (unpaired) electrons. The number of hydrogen-bond donors (Lipinski definition) is 7. The molecule has 0 spiro atoms. The normalized spacial score (nSPS) is 13.4. The van der Waals surface area contributed by atoms with Gasteiger partial charge in [-0.25, -0.2) is 0 Å². The van der Waals surface area contributed by atoms with E-state index in [2.05, 4.69) is 27.7 Å². The van der Waals surface area contributed by atoms with Gasteiger partial charge in [0.2, 0.25) is 0 Å². The minimum atomic E-state index is -1.79. The van der Waals surface area contributed by atoms with Gasteiger partial charge in [-0.2, -0.15) is 0 Å². The van der Waals surface area contributed by atoms with E-state index in [1.54, 1.807) is 0 Å². The van der Waals surface area contributed by atoms with Crippen molar-refractivity contribution in [2.45, 2.75) is 239 Å². The number of ketones is 1. The van der Waals surface area contributed by atoms with Crippen molar-refractivity contribution >= 4 is 17.7 Å². The summed E-state index contributed by atoms with van der Waals surface area (Å²) in [5, 5.41) is 61.3. The minimum Gasteiger partial charge on any atom is -0.481 e. The number of hydrogen-bond acceptors (Lipinski definition) is 8. The van der Waals surface area contributed by atoms with Gasteiger partial charge in [0, 0.05) is 12.8 Å². The maximum Gasteiger partial charge on any atom is 0.303 e. The fourth-order valence-corrected chi connectivity index (χ4v) is 5.96. The molecule has 0 aromatic rings. The van der Waals surface area contributed by atoms with Crippen molar-refractivity contribution in [1.82, 2.24) is 0 Å². The summed E-state index contributed by atoms with van der Waals surface area (Å²) in [5.74, 6) is -0.301. The molecule has 0 aliphatic carbocycles. The first-order valence-corrected chi connectivity index (χ1v) is 21.4. The first-order valence-electron chi connectivity index (χ1n) is 21.4. The van der Waals surface area contributed by atoms with E-state index in [1.807, 2.05) is 0 Å². The van der Waals surface area contributed by atoms with Gasteiger partial charge in [-0.05, 0) is 31.6 Å². The number of carbonyl (C=O) groups is 3. The molecule has 0 saturated heterocycles. The van der Waals surface area contributed by atoms with E-state index in [4.69, 9.17) is 35.7 Å². The minimum absolute atomic E-state index is 0.344. The molecular weight excluding hydrogens is 676 g/mol. The van der Waals surface area contributed by atoms with Gasteiger partial charge < -0.3 is 35.7 Å². The number of aliphatic hydroxyl groups is 5. The van der Waals surface area contributed by atoms with Crippen LogP contribution in [0.1, 0.15) is 214 Å². The summed E-state index contributed by atoms with van der Waals surface area (Å²) in [6.07, 6.45) is 27.8. The molecule has 0 bridgehead atoms. The van der Waals surface area contributed by atoms with Crippen molar-refractivity contribution < 1.29 is 50.1 Å². The van der Waals surface area contributed by atoms with E-state index in [0.29, 0.717) is 12.8 Å². The van der Waals surface area contributed by atoms with Crippen molar-refractivity contribution in [3.63, 3.8) is 0 Å². The highest BCUT2D eigenvalue weighted by atomic mass is 16.4. The van der Waals surface area contributed by atoms with Gasteiger partial charge in [0.15, 0.2) is 5.78 Å². The summed E-state index contributed by atoms with van der Waals surface area (Å²) in [4.78, 5) is 31.2. The summed E-state index contributed by atoms with van der Waals surface area (Å²) >= 11 is 0. The van der Waals surface area contributed by atoms with E-state index >= 15 is 0 Å². The zero-order valence-corrected chi connectivity index (χ0v) is 34.8. The summed E-state index contributed by atoms with van der Waals surface area (Å²) in [6.45, 7) is 9.50. The Morgan fingerprint density at radius 3 is 0.868 bits per heavy atom.